The lowest BCUT2D eigenvalue weighted by Gasteiger charge is -2.34. The first-order valence-corrected chi connectivity index (χ1v) is 6.60. The Bertz CT molecular complexity index is 436. The number of anilines is 1. The van der Waals surface area contributed by atoms with Crippen LogP contribution in [0.15, 0.2) is 0 Å². The van der Waals surface area contributed by atoms with Gasteiger partial charge in [-0.3, -0.25) is 0 Å². The Balaban J connectivity index is 1.78. The molecule has 2 heterocycles. The van der Waals surface area contributed by atoms with Crippen LogP contribution in [-0.4, -0.2) is 34.5 Å². The summed E-state index contributed by atoms with van der Waals surface area (Å²) in [5.41, 5.74) is 0. The van der Waals surface area contributed by atoms with Crippen LogP contribution in [0.1, 0.15) is 17.8 Å². The quantitative estimate of drug-likeness (QED) is 0.851. The zero-order valence-corrected chi connectivity index (χ0v) is 10.2. The van der Waals surface area contributed by atoms with Crippen molar-refractivity contribution in [2.24, 2.45) is 11.8 Å². The van der Waals surface area contributed by atoms with Crippen LogP contribution in [0.3, 0.4) is 0 Å². The van der Waals surface area contributed by atoms with Crippen LogP contribution in [0, 0.1) is 11.8 Å². The van der Waals surface area contributed by atoms with Gasteiger partial charge in [0.2, 0.25) is 10.1 Å². The van der Waals surface area contributed by atoms with Gasteiger partial charge in [0.25, 0.3) is 0 Å². The summed E-state index contributed by atoms with van der Waals surface area (Å²) in [6.07, 6.45) is -2.86. The molecule has 0 spiro atoms. The minimum absolute atomic E-state index is 0.155. The number of aliphatic hydroxyl groups is 1. The smallest absolute Gasteiger partial charge is 0.392 e. The number of rotatable bonds is 1. The van der Waals surface area contributed by atoms with E-state index in [0.29, 0.717) is 29.6 Å². The van der Waals surface area contributed by atoms with Gasteiger partial charge in [-0.05, 0) is 12.8 Å². The molecule has 1 N–H and O–H groups in total. The van der Waals surface area contributed by atoms with Crippen molar-refractivity contribution in [3.05, 3.63) is 5.01 Å². The fourth-order valence-electron chi connectivity index (χ4n) is 2.81. The molecule has 100 valence electrons. The van der Waals surface area contributed by atoms with Gasteiger partial charge >= 0.3 is 6.18 Å². The van der Waals surface area contributed by atoms with Gasteiger partial charge < -0.3 is 10.0 Å². The predicted molar refractivity (Wildman–Crippen MR) is 59.3 cm³/mol. The number of fused-ring (bicyclic) bond motifs is 2. The monoisotopic (exact) mass is 279 g/mol. The maximum absolute atomic E-state index is 12.4. The number of nitrogens with zero attached hydrogens (tertiary/aromatic N) is 3. The lowest BCUT2D eigenvalue weighted by molar-refractivity contribution is -0.138. The van der Waals surface area contributed by atoms with Crippen molar-refractivity contribution >= 4 is 16.5 Å². The Morgan fingerprint density at radius 3 is 2.28 bits per heavy atom. The second kappa shape index (κ2) is 4.06. The molecule has 0 radical (unpaired) electrons. The molecule has 4 nitrogen and oxygen atoms in total. The summed E-state index contributed by atoms with van der Waals surface area (Å²) in [6, 6.07) is 0. The summed E-state index contributed by atoms with van der Waals surface area (Å²) in [4.78, 5) is 1.82. The number of piperidine rings is 1. The molecule has 0 amide bonds. The van der Waals surface area contributed by atoms with E-state index in [1.165, 1.54) is 0 Å². The Morgan fingerprint density at radius 2 is 1.78 bits per heavy atom. The number of halogens is 3. The molecule has 1 aliphatic carbocycles. The molecule has 2 fully saturated rings. The third-order valence-electron chi connectivity index (χ3n) is 3.71. The second-order valence-corrected chi connectivity index (χ2v) is 5.84. The first-order chi connectivity index (χ1) is 8.45. The van der Waals surface area contributed by atoms with Gasteiger partial charge in [-0.1, -0.05) is 11.3 Å². The highest BCUT2D eigenvalue weighted by Crippen LogP contribution is 2.40. The molecule has 2 aliphatic rings. The molecule has 0 aromatic carbocycles. The maximum Gasteiger partial charge on any atom is 0.445 e. The Morgan fingerprint density at radius 1 is 1.17 bits per heavy atom. The summed E-state index contributed by atoms with van der Waals surface area (Å²) < 4.78 is 37.3. The summed E-state index contributed by atoms with van der Waals surface area (Å²) in [5, 5.41) is 16.1. The highest BCUT2D eigenvalue weighted by molar-refractivity contribution is 7.15. The summed E-state index contributed by atoms with van der Waals surface area (Å²) >= 11 is 0.576. The molecule has 1 saturated heterocycles. The first-order valence-electron chi connectivity index (χ1n) is 5.79. The third kappa shape index (κ3) is 1.97. The number of hydrogen-bond acceptors (Lipinski definition) is 5. The number of aliphatic hydroxyl groups excluding tert-OH is 1. The van der Waals surface area contributed by atoms with Crippen LogP contribution in [0.2, 0.25) is 0 Å². The Kier molecular flexibility index (Phi) is 2.74. The van der Waals surface area contributed by atoms with E-state index >= 15 is 0 Å². The van der Waals surface area contributed by atoms with Crippen LogP contribution in [-0.2, 0) is 6.18 Å². The minimum Gasteiger partial charge on any atom is -0.392 e. The molecule has 1 aromatic rings. The van der Waals surface area contributed by atoms with Crippen LogP contribution < -0.4 is 4.90 Å². The second-order valence-electron chi connectivity index (χ2n) is 4.88. The minimum atomic E-state index is -4.43. The summed E-state index contributed by atoms with van der Waals surface area (Å²) in [5.74, 6) is 0.309. The van der Waals surface area contributed by atoms with E-state index < -0.39 is 11.2 Å². The van der Waals surface area contributed by atoms with Crippen LogP contribution in [0.5, 0.6) is 0 Å². The molecule has 1 aromatic heterocycles. The fourth-order valence-corrected chi connectivity index (χ4v) is 3.54. The molecule has 1 saturated carbocycles. The number of hydrogen-bond donors (Lipinski definition) is 1. The van der Waals surface area contributed by atoms with E-state index in [0.717, 1.165) is 12.8 Å². The van der Waals surface area contributed by atoms with Crippen LogP contribution in [0.25, 0.3) is 0 Å². The van der Waals surface area contributed by atoms with Gasteiger partial charge in [-0.15, -0.1) is 10.2 Å². The SMILES string of the molecule is O[C@@H]1[C@@H]2CC[C@H]1CN(c1nnc(C(F)(F)F)s1)C2. The summed E-state index contributed by atoms with van der Waals surface area (Å²) in [6.45, 7) is 1.15. The zero-order chi connectivity index (χ0) is 12.9. The molecule has 0 unspecified atom stereocenters. The average molecular weight is 279 g/mol. The average Bonchev–Trinajstić information content (AvgIpc) is 2.82. The Labute approximate surface area is 105 Å². The van der Waals surface area contributed by atoms with Crippen LogP contribution >= 0.6 is 11.3 Å². The predicted octanol–water partition coefficient (Wildman–Crippen LogP) is 1.76. The zero-order valence-electron chi connectivity index (χ0n) is 9.39. The normalized spacial score (nSPS) is 32.0. The molecule has 8 heteroatoms. The lowest BCUT2D eigenvalue weighted by atomic mass is 9.96. The van der Waals surface area contributed by atoms with Crippen molar-refractivity contribution < 1.29 is 18.3 Å². The first kappa shape index (κ1) is 12.2. The van der Waals surface area contributed by atoms with Gasteiger partial charge in [0.05, 0.1) is 6.10 Å². The van der Waals surface area contributed by atoms with Gasteiger partial charge in [-0.2, -0.15) is 13.2 Å². The van der Waals surface area contributed by atoms with E-state index in [2.05, 4.69) is 10.2 Å². The highest BCUT2D eigenvalue weighted by Gasteiger charge is 2.42. The maximum atomic E-state index is 12.4. The van der Waals surface area contributed by atoms with Crippen molar-refractivity contribution in [3.63, 3.8) is 0 Å². The van der Waals surface area contributed by atoms with E-state index in [4.69, 9.17) is 0 Å². The molecular weight excluding hydrogens is 267 g/mol. The van der Waals surface area contributed by atoms with Gasteiger partial charge in [0.15, 0.2) is 0 Å². The van der Waals surface area contributed by atoms with Gasteiger partial charge in [0, 0.05) is 24.9 Å². The van der Waals surface area contributed by atoms with E-state index in [9.17, 15) is 18.3 Å². The molecule has 2 bridgehead atoms. The van der Waals surface area contributed by atoms with Crippen molar-refractivity contribution in [2.75, 3.05) is 18.0 Å². The third-order valence-corrected chi connectivity index (χ3v) is 4.74. The van der Waals surface area contributed by atoms with Crippen molar-refractivity contribution in [1.82, 2.24) is 10.2 Å². The van der Waals surface area contributed by atoms with Crippen molar-refractivity contribution in [2.45, 2.75) is 25.1 Å². The van der Waals surface area contributed by atoms with Crippen molar-refractivity contribution in [1.29, 1.82) is 0 Å². The van der Waals surface area contributed by atoms with E-state index in [1.807, 2.05) is 4.90 Å². The van der Waals surface area contributed by atoms with Gasteiger partial charge in [0.1, 0.15) is 0 Å². The molecular formula is C10H12F3N3OS. The molecule has 18 heavy (non-hydrogen) atoms. The Hall–Kier alpha value is -0.890. The topological polar surface area (TPSA) is 49.2 Å². The largest absolute Gasteiger partial charge is 0.445 e. The van der Waals surface area contributed by atoms with Gasteiger partial charge in [-0.25, -0.2) is 0 Å². The highest BCUT2D eigenvalue weighted by atomic mass is 32.1. The van der Waals surface area contributed by atoms with Crippen LogP contribution in [0.4, 0.5) is 18.3 Å². The summed E-state index contributed by atoms with van der Waals surface area (Å²) in [7, 11) is 0. The lowest BCUT2D eigenvalue weighted by Crippen LogP contribution is -2.44. The number of aromatic nitrogens is 2. The fraction of sp³-hybridized carbons (Fsp3) is 0.800. The van der Waals surface area contributed by atoms with E-state index in [-0.39, 0.29) is 17.9 Å². The van der Waals surface area contributed by atoms with E-state index in [1.54, 1.807) is 0 Å². The molecule has 3 rings (SSSR count). The van der Waals surface area contributed by atoms with Crippen molar-refractivity contribution in [3.8, 4) is 0 Å². The molecule has 1 aliphatic heterocycles. The number of alkyl halides is 3. The standard InChI is InChI=1S/C10H12F3N3OS/c11-10(12,13)8-14-15-9(18-8)16-3-5-1-2-6(4-16)7(5)17/h5-7,17H,1-4H2/t5-,6+,7-. The molecule has 3 atom stereocenters.